The third-order valence-electron chi connectivity index (χ3n) is 5.20. The highest BCUT2D eigenvalue weighted by molar-refractivity contribution is 14.0. The summed E-state index contributed by atoms with van der Waals surface area (Å²) >= 11 is 0. The molecule has 1 aromatic carbocycles. The third kappa shape index (κ3) is 5.65. The molecule has 0 aliphatic carbocycles. The number of nitrogens with one attached hydrogen (secondary N) is 2. The van der Waals surface area contributed by atoms with Gasteiger partial charge in [-0.1, -0.05) is 13.0 Å². The Hall–Kier alpha value is -1.82. The Morgan fingerprint density at radius 2 is 2.03 bits per heavy atom. The molecule has 1 aromatic heterocycles. The van der Waals surface area contributed by atoms with E-state index in [9.17, 15) is 8.78 Å². The topological polar surface area (TPSA) is 70.4 Å². The number of hydrogen-bond acceptors (Lipinski definition) is 4. The summed E-state index contributed by atoms with van der Waals surface area (Å²) in [6.07, 6.45) is 2.59. The molecule has 2 N–H and O–H groups in total. The molecular weight excluding hydrogens is 503 g/mol. The van der Waals surface area contributed by atoms with E-state index in [2.05, 4.69) is 25.7 Å². The molecule has 3 rings (SSSR count). The second-order valence-electron chi connectivity index (χ2n) is 7.43. The lowest BCUT2D eigenvalue weighted by molar-refractivity contribution is 0.282. The fraction of sp³-hybridized carbons (Fsp3) is 0.550. The number of nitrogens with zero attached hydrogens (tertiary/aromatic N) is 5. The molecule has 166 valence electrons. The molecule has 1 aliphatic heterocycles. The average molecular weight is 533 g/mol. The van der Waals surface area contributed by atoms with Crippen LogP contribution in [-0.2, 0) is 19.4 Å². The summed E-state index contributed by atoms with van der Waals surface area (Å²) in [6, 6.07) is 3.62. The molecule has 0 saturated carbocycles. The Bertz CT molecular complexity index is 849. The molecule has 1 aliphatic rings. The Kier molecular flexibility index (Phi) is 8.95. The first kappa shape index (κ1) is 24.4. The first-order valence-electron chi connectivity index (χ1n) is 9.93. The second kappa shape index (κ2) is 11.0. The predicted octanol–water partition coefficient (Wildman–Crippen LogP) is 2.52. The summed E-state index contributed by atoms with van der Waals surface area (Å²) in [7, 11) is 5.28. The lowest BCUT2D eigenvalue weighted by atomic mass is 10.0. The van der Waals surface area contributed by atoms with Crippen LogP contribution >= 0.6 is 24.0 Å². The summed E-state index contributed by atoms with van der Waals surface area (Å²) in [5.41, 5.74) is 0.0532. The summed E-state index contributed by atoms with van der Waals surface area (Å²) in [6.45, 7) is 3.07. The minimum atomic E-state index is -0.550. The van der Waals surface area contributed by atoms with Gasteiger partial charge in [0.25, 0.3) is 0 Å². The van der Waals surface area contributed by atoms with Crippen molar-refractivity contribution < 1.29 is 8.78 Å². The fourth-order valence-corrected chi connectivity index (χ4v) is 3.58. The number of rotatable bonds is 6. The van der Waals surface area contributed by atoms with E-state index in [1.165, 1.54) is 18.2 Å². The van der Waals surface area contributed by atoms with Crippen molar-refractivity contribution in [3.8, 4) is 0 Å². The molecule has 0 spiro atoms. The quantitative estimate of drug-likeness (QED) is 0.340. The number of fused-ring (bicyclic) bond motifs is 1. The maximum absolute atomic E-state index is 14.3. The monoisotopic (exact) mass is 533 g/mol. The van der Waals surface area contributed by atoms with Gasteiger partial charge in [0.2, 0.25) is 0 Å². The van der Waals surface area contributed by atoms with Gasteiger partial charge in [-0.2, -0.15) is 5.10 Å². The summed E-state index contributed by atoms with van der Waals surface area (Å²) < 4.78 is 30.5. The molecule has 2 unspecified atom stereocenters. The van der Waals surface area contributed by atoms with Gasteiger partial charge in [0.1, 0.15) is 17.5 Å². The standard InChI is InChI=1S/C20H29F2N7.HI/c1-5-17-26-18-10-9-13(12-29(18)27-17)25-20(23-2)24-11-16(28(3)4)19-14(21)7-6-8-15(19)22;/h6-8,13,16H,5,9-12H2,1-4H3,(H2,23,24,25);1H. The number of aryl methyl sites for hydroxylation is 2. The number of guanidine groups is 1. The van der Waals surface area contributed by atoms with Crippen LogP contribution in [0, 0.1) is 11.6 Å². The van der Waals surface area contributed by atoms with Gasteiger partial charge in [-0.15, -0.1) is 24.0 Å². The SMILES string of the molecule is CCc1nc2n(n1)CC(NC(=NC)NCC(c1c(F)cccc1F)N(C)C)CC2.I. The van der Waals surface area contributed by atoms with Crippen molar-refractivity contribution in [1.29, 1.82) is 0 Å². The van der Waals surface area contributed by atoms with Gasteiger partial charge in [-0.3, -0.25) is 4.99 Å². The first-order chi connectivity index (χ1) is 13.9. The van der Waals surface area contributed by atoms with Crippen LogP contribution in [0.5, 0.6) is 0 Å². The van der Waals surface area contributed by atoms with E-state index in [-0.39, 0.29) is 35.6 Å². The Morgan fingerprint density at radius 1 is 1.33 bits per heavy atom. The summed E-state index contributed by atoms with van der Waals surface area (Å²) in [5, 5.41) is 11.1. The Morgan fingerprint density at radius 3 is 2.63 bits per heavy atom. The Balaban J connectivity index is 0.00000320. The normalized spacial score (nSPS) is 17.3. The van der Waals surface area contributed by atoms with Crippen molar-refractivity contribution in [2.45, 2.75) is 44.8 Å². The van der Waals surface area contributed by atoms with Crippen LogP contribution in [0.2, 0.25) is 0 Å². The molecule has 2 aromatic rings. The highest BCUT2D eigenvalue weighted by Crippen LogP contribution is 2.24. The van der Waals surface area contributed by atoms with Crippen LogP contribution in [-0.4, -0.2) is 59.4 Å². The molecule has 2 atom stereocenters. The highest BCUT2D eigenvalue weighted by Gasteiger charge is 2.24. The maximum Gasteiger partial charge on any atom is 0.191 e. The molecule has 2 heterocycles. The van der Waals surface area contributed by atoms with Crippen molar-refractivity contribution in [3.05, 3.63) is 47.0 Å². The van der Waals surface area contributed by atoms with E-state index < -0.39 is 17.7 Å². The smallest absolute Gasteiger partial charge is 0.191 e. The summed E-state index contributed by atoms with van der Waals surface area (Å²) in [4.78, 5) is 10.6. The number of aliphatic imine (C=N–C) groups is 1. The van der Waals surface area contributed by atoms with Crippen LogP contribution < -0.4 is 10.6 Å². The number of hydrogen-bond donors (Lipinski definition) is 2. The number of halogens is 3. The minimum Gasteiger partial charge on any atom is -0.354 e. The molecule has 0 saturated heterocycles. The van der Waals surface area contributed by atoms with E-state index in [1.807, 2.05) is 11.6 Å². The van der Waals surface area contributed by atoms with Crippen molar-refractivity contribution in [2.75, 3.05) is 27.7 Å². The van der Waals surface area contributed by atoms with Crippen LogP contribution in [0.1, 0.15) is 36.6 Å². The molecule has 0 fully saturated rings. The van der Waals surface area contributed by atoms with E-state index in [0.29, 0.717) is 19.0 Å². The van der Waals surface area contributed by atoms with Crippen molar-refractivity contribution >= 4 is 29.9 Å². The van der Waals surface area contributed by atoms with E-state index in [1.54, 1.807) is 26.0 Å². The largest absolute Gasteiger partial charge is 0.354 e. The third-order valence-corrected chi connectivity index (χ3v) is 5.20. The molecule has 0 amide bonds. The van der Waals surface area contributed by atoms with E-state index >= 15 is 0 Å². The number of aromatic nitrogens is 3. The van der Waals surface area contributed by atoms with Gasteiger partial charge in [0, 0.05) is 38.0 Å². The van der Waals surface area contributed by atoms with Gasteiger partial charge in [-0.25, -0.2) is 18.4 Å². The molecule has 30 heavy (non-hydrogen) atoms. The van der Waals surface area contributed by atoms with Gasteiger partial charge in [0.15, 0.2) is 11.8 Å². The van der Waals surface area contributed by atoms with Crippen molar-refractivity contribution in [3.63, 3.8) is 0 Å². The molecule has 7 nitrogen and oxygen atoms in total. The van der Waals surface area contributed by atoms with E-state index in [0.717, 1.165) is 30.9 Å². The van der Waals surface area contributed by atoms with Crippen LogP contribution in [0.25, 0.3) is 0 Å². The maximum atomic E-state index is 14.3. The first-order valence-corrected chi connectivity index (χ1v) is 9.93. The molecule has 0 radical (unpaired) electrons. The van der Waals surface area contributed by atoms with Gasteiger partial charge >= 0.3 is 0 Å². The fourth-order valence-electron chi connectivity index (χ4n) is 3.58. The molecular formula is C20H30F2IN7. The van der Waals surface area contributed by atoms with Gasteiger partial charge in [0.05, 0.1) is 12.6 Å². The zero-order chi connectivity index (χ0) is 21.0. The number of benzene rings is 1. The highest BCUT2D eigenvalue weighted by atomic mass is 127. The van der Waals surface area contributed by atoms with Gasteiger partial charge in [-0.05, 0) is 32.6 Å². The van der Waals surface area contributed by atoms with Crippen LogP contribution in [0.3, 0.4) is 0 Å². The van der Waals surface area contributed by atoms with Crippen LogP contribution in [0.4, 0.5) is 8.78 Å². The Labute approximate surface area is 193 Å². The zero-order valence-corrected chi connectivity index (χ0v) is 20.2. The zero-order valence-electron chi connectivity index (χ0n) is 17.8. The summed E-state index contributed by atoms with van der Waals surface area (Å²) in [5.74, 6) is 1.38. The lowest BCUT2D eigenvalue weighted by Gasteiger charge is -2.29. The van der Waals surface area contributed by atoms with Crippen molar-refractivity contribution in [2.24, 2.45) is 4.99 Å². The molecule has 0 bridgehead atoms. The average Bonchev–Trinajstić information content (AvgIpc) is 3.11. The number of likely N-dealkylation sites (N-methyl/N-ethyl adjacent to an activating group) is 1. The second-order valence-corrected chi connectivity index (χ2v) is 7.43. The van der Waals surface area contributed by atoms with E-state index in [4.69, 9.17) is 0 Å². The minimum absolute atomic E-state index is 0. The predicted molar refractivity (Wildman–Crippen MR) is 124 cm³/mol. The van der Waals surface area contributed by atoms with Gasteiger partial charge < -0.3 is 15.5 Å². The lowest BCUT2D eigenvalue weighted by Crippen LogP contribution is -2.48. The van der Waals surface area contributed by atoms with Crippen LogP contribution in [0.15, 0.2) is 23.2 Å². The molecule has 10 heteroatoms. The van der Waals surface area contributed by atoms with Crippen molar-refractivity contribution in [1.82, 2.24) is 30.3 Å².